The van der Waals surface area contributed by atoms with Crippen molar-refractivity contribution in [3.63, 3.8) is 0 Å². The fraction of sp³-hybridized carbons (Fsp3) is 0.562. The number of aliphatic hydroxyl groups is 1. The normalized spacial score (nSPS) is 15.9. The maximum atomic E-state index is 11.7. The summed E-state index contributed by atoms with van der Waals surface area (Å²) in [5.74, 6) is 0.613. The molecule has 0 aromatic heterocycles. The summed E-state index contributed by atoms with van der Waals surface area (Å²) >= 11 is 0. The molecule has 1 heterocycles. The van der Waals surface area contributed by atoms with Crippen molar-refractivity contribution in [3.05, 3.63) is 23.8 Å². The first-order valence-corrected chi connectivity index (χ1v) is 7.42. The molecule has 0 spiro atoms. The standard InChI is InChI=1S/C16H24N2O3/c1-4-5-8-17(2)10-14(19)12-6-7-15-13(9-12)18(3)16(20)11-21-15/h6-7,9,14,19H,4-5,8,10-11H2,1-3H3. The van der Waals surface area contributed by atoms with Crippen molar-refractivity contribution < 1.29 is 14.6 Å². The maximum Gasteiger partial charge on any atom is 0.264 e. The van der Waals surface area contributed by atoms with E-state index in [9.17, 15) is 9.90 Å². The number of carbonyl (C=O) groups is 1. The molecule has 1 aromatic carbocycles. The Bertz CT molecular complexity index is 504. The number of unbranched alkanes of at least 4 members (excludes halogenated alkanes) is 1. The highest BCUT2D eigenvalue weighted by Gasteiger charge is 2.23. The number of anilines is 1. The Morgan fingerprint density at radius 3 is 2.95 bits per heavy atom. The lowest BCUT2D eigenvalue weighted by molar-refractivity contribution is -0.120. The van der Waals surface area contributed by atoms with E-state index in [-0.39, 0.29) is 12.5 Å². The van der Waals surface area contributed by atoms with Crippen LogP contribution >= 0.6 is 0 Å². The Hall–Kier alpha value is -1.59. The van der Waals surface area contributed by atoms with Crippen LogP contribution in [0, 0.1) is 0 Å². The van der Waals surface area contributed by atoms with Gasteiger partial charge in [-0.1, -0.05) is 19.4 Å². The molecule has 2 rings (SSSR count). The van der Waals surface area contributed by atoms with Crippen molar-refractivity contribution in [2.24, 2.45) is 0 Å². The third-order valence-corrected chi connectivity index (χ3v) is 3.83. The number of benzene rings is 1. The first-order chi connectivity index (χ1) is 10.0. The van der Waals surface area contributed by atoms with Crippen LogP contribution in [0.15, 0.2) is 18.2 Å². The highest BCUT2D eigenvalue weighted by atomic mass is 16.5. The van der Waals surface area contributed by atoms with E-state index in [1.807, 2.05) is 25.2 Å². The number of hydrogen-bond donors (Lipinski definition) is 1. The number of likely N-dealkylation sites (N-methyl/N-ethyl adjacent to an activating group) is 2. The topological polar surface area (TPSA) is 53.0 Å². The molecule has 1 atom stereocenters. The van der Waals surface area contributed by atoms with Gasteiger partial charge in [-0.2, -0.15) is 0 Å². The van der Waals surface area contributed by atoms with E-state index in [0.717, 1.165) is 30.6 Å². The SMILES string of the molecule is CCCCN(C)CC(O)c1ccc2c(c1)N(C)C(=O)CO2. The first-order valence-electron chi connectivity index (χ1n) is 7.42. The zero-order valence-electron chi connectivity index (χ0n) is 13.0. The lowest BCUT2D eigenvalue weighted by atomic mass is 10.1. The Morgan fingerprint density at radius 2 is 2.24 bits per heavy atom. The van der Waals surface area contributed by atoms with Gasteiger partial charge in [0.1, 0.15) is 5.75 Å². The number of ether oxygens (including phenoxy) is 1. The van der Waals surface area contributed by atoms with Crippen molar-refractivity contribution in [1.29, 1.82) is 0 Å². The molecule has 0 fully saturated rings. The van der Waals surface area contributed by atoms with Crippen molar-refractivity contribution in [3.8, 4) is 5.75 Å². The maximum absolute atomic E-state index is 11.7. The van der Waals surface area contributed by atoms with Crippen LogP contribution in [0.1, 0.15) is 31.4 Å². The van der Waals surface area contributed by atoms with Gasteiger partial charge >= 0.3 is 0 Å². The summed E-state index contributed by atoms with van der Waals surface area (Å²) in [5.41, 5.74) is 1.53. The molecule has 0 bridgehead atoms. The third kappa shape index (κ3) is 3.74. The minimum Gasteiger partial charge on any atom is -0.482 e. The van der Waals surface area contributed by atoms with Gasteiger partial charge in [-0.15, -0.1) is 0 Å². The van der Waals surface area contributed by atoms with Crippen LogP contribution in [0.5, 0.6) is 5.75 Å². The quantitative estimate of drug-likeness (QED) is 0.869. The molecule has 0 saturated heterocycles. The van der Waals surface area contributed by atoms with Gasteiger partial charge in [0.15, 0.2) is 6.61 Å². The van der Waals surface area contributed by atoms with E-state index in [1.54, 1.807) is 11.9 Å². The largest absolute Gasteiger partial charge is 0.482 e. The average Bonchev–Trinajstić information content (AvgIpc) is 2.48. The highest BCUT2D eigenvalue weighted by molar-refractivity contribution is 5.97. The summed E-state index contributed by atoms with van der Waals surface area (Å²) in [7, 11) is 3.74. The molecule has 0 saturated carbocycles. The van der Waals surface area contributed by atoms with Crippen molar-refractivity contribution >= 4 is 11.6 Å². The van der Waals surface area contributed by atoms with Gasteiger partial charge in [-0.25, -0.2) is 0 Å². The van der Waals surface area contributed by atoms with Gasteiger partial charge < -0.3 is 19.6 Å². The molecule has 0 aliphatic carbocycles. The number of nitrogens with zero attached hydrogens (tertiary/aromatic N) is 2. The van der Waals surface area contributed by atoms with Crippen LogP contribution in [0.25, 0.3) is 0 Å². The van der Waals surface area contributed by atoms with Crippen molar-refractivity contribution in [2.75, 3.05) is 38.7 Å². The minimum atomic E-state index is -0.567. The third-order valence-electron chi connectivity index (χ3n) is 3.83. The van der Waals surface area contributed by atoms with E-state index < -0.39 is 6.10 Å². The van der Waals surface area contributed by atoms with Gasteiger partial charge in [0, 0.05) is 13.6 Å². The fourth-order valence-electron chi connectivity index (χ4n) is 2.42. The molecule has 1 aliphatic rings. The Balaban J connectivity index is 2.08. The number of hydrogen-bond acceptors (Lipinski definition) is 4. The smallest absolute Gasteiger partial charge is 0.264 e. The summed E-state index contributed by atoms with van der Waals surface area (Å²) in [4.78, 5) is 15.4. The number of fused-ring (bicyclic) bond motifs is 1. The van der Waals surface area contributed by atoms with E-state index in [1.165, 1.54) is 0 Å². The van der Waals surface area contributed by atoms with Crippen LogP contribution in [0.3, 0.4) is 0 Å². The summed E-state index contributed by atoms with van der Waals surface area (Å²) in [6, 6.07) is 5.52. The van der Waals surface area contributed by atoms with Crippen molar-refractivity contribution in [1.82, 2.24) is 4.90 Å². The molecule has 1 aliphatic heterocycles. The monoisotopic (exact) mass is 292 g/mol. The van der Waals surface area contributed by atoms with Gasteiger partial charge in [-0.3, -0.25) is 4.79 Å². The molecule has 1 amide bonds. The number of amides is 1. The molecule has 0 radical (unpaired) electrons. The lowest BCUT2D eigenvalue weighted by Gasteiger charge is -2.27. The van der Waals surface area contributed by atoms with Crippen LogP contribution in [0.2, 0.25) is 0 Å². The predicted octanol–water partition coefficient (Wildman–Crippen LogP) is 1.81. The molecule has 5 nitrogen and oxygen atoms in total. The minimum absolute atomic E-state index is 0.0746. The van der Waals surface area contributed by atoms with Gasteiger partial charge in [0.2, 0.25) is 0 Å². The molecular formula is C16H24N2O3. The van der Waals surface area contributed by atoms with Crippen LogP contribution in [-0.4, -0.2) is 49.7 Å². The van der Waals surface area contributed by atoms with Crippen molar-refractivity contribution in [2.45, 2.75) is 25.9 Å². The van der Waals surface area contributed by atoms with Gasteiger partial charge in [0.25, 0.3) is 5.91 Å². The molecule has 116 valence electrons. The van der Waals surface area contributed by atoms with E-state index >= 15 is 0 Å². The van der Waals surface area contributed by atoms with Gasteiger partial charge in [-0.05, 0) is 37.7 Å². The Morgan fingerprint density at radius 1 is 1.48 bits per heavy atom. The first kappa shape index (κ1) is 15.8. The molecule has 5 heteroatoms. The zero-order valence-corrected chi connectivity index (χ0v) is 13.0. The second-order valence-electron chi connectivity index (χ2n) is 5.60. The molecule has 1 unspecified atom stereocenters. The lowest BCUT2D eigenvalue weighted by Crippen LogP contribution is -2.35. The number of aliphatic hydroxyl groups excluding tert-OH is 1. The van der Waals surface area contributed by atoms with E-state index in [4.69, 9.17) is 4.74 Å². The van der Waals surface area contributed by atoms with Crippen LogP contribution in [0.4, 0.5) is 5.69 Å². The summed E-state index contributed by atoms with van der Waals surface area (Å²) in [6.45, 7) is 3.78. The average molecular weight is 292 g/mol. The summed E-state index contributed by atoms with van der Waals surface area (Å²) in [6.07, 6.45) is 1.70. The Labute approximate surface area is 126 Å². The number of rotatable bonds is 6. The highest BCUT2D eigenvalue weighted by Crippen LogP contribution is 2.33. The van der Waals surface area contributed by atoms with Crippen LogP contribution in [-0.2, 0) is 4.79 Å². The van der Waals surface area contributed by atoms with E-state index in [0.29, 0.717) is 12.3 Å². The molecular weight excluding hydrogens is 268 g/mol. The van der Waals surface area contributed by atoms with Gasteiger partial charge in [0.05, 0.1) is 11.8 Å². The second-order valence-corrected chi connectivity index (χ2v) is 5.60. The number of carbonyl (C=O) groups excluding carboxylic acids is 1. The molecule has 1 aromatic rings. The molecule has 21 heavy (non-hydrogen) atoms. The predicted molar refractivity (Wildman–Crippen MR) is 82.7 cm³/mol. The van der Waals surface area contributed by atoms with E-state index in [2.05, 4.69) is 11.8 Å². The van der Waals surface area contributed by atoms with Crippen LogP contribution < -0.4 is 9.64 Å². The zero-order chi connectivity index (χ0) is 15.4. The Kier molecular flexibility index (Phi) is 5.20. The summed E-state index contributed by atoms with van der Waals surface area (Å²) in [5, 5.41) is 10.4. The fourth-order valence-corrected chi connectivity index (χ4v) is 2.42. The molecule has 1 N–H and O–H groups in total. The summed E-state index contributed by atoms with van der Waals surface area (Å²) < 4.78 is 5.39. The second kappa shape index (κ2) is 6.91.